The lowest BCUT2D eigenvalue weighted by Gasteiger charge is -2.20. The summed E-state index contributed by atoms with van der Waals surface area (Å²) in [6, 6.07) is 6.24. The van der Waals surface area contributed by atoms with Crippen LogP contribution >= 0.6 is 0 Å². The van der Waals surface area contributed by atoms with Gasteiger partial charge in [0.2, 0.25) is 0 Å². The molecule has 1 aromatic carbocycles. The first-order valence-electron chi connectivity index (χ1n) is 7.52. The number of carbonyl (C=O) groups is 3. The number of hydrogen-bond acceptors (Lipinski definition) is 6. The third-order valence-corrected chi connectivity index (χ3v) is 3.47. The average Bonchev–Trinajstić information content (AvgIpc) is 3.00. The molecule has 8 nitrogen and oxygen atoms in total. The summed E-state index contributed by atoms with van der Waals surface area (Å²) in [6.07, 6.45) is -1.97. The highest BCUT2D eigenvalue weighted by atomic mass is 16.6. The highest BCUT2D eigenvalue weighted by Crippen LogP contribution is 2.18. The maximum absolute atomic E-state index is 12.1. The molecule has 1 N–H and O–H groups in total. The van der Waals surface area contributed by atoms with E-state index in [4.69, 9.17) is 14.2 Å². The van der Waals surface area contributed by atoms with Crippen LogP contribution < -0.4 is 14.8 Å². The summed E-state index contributed by atoms with van der Waals surface area (Å²) in [7, 11) is 1.55. The number of nitrogens with zero attached hydrogens (tertiary/aromatic N) is 1. The van der Waals surface area contributed by atoms with Crippen LogP contribution in [0.3, 0.4) is 0 Å². The molecule has 24 heavy (non-hydrogen) atoms. The van der Waals surface area contributed by atoms with E-state index in [1.54, 1.807) is 31.4 Å². The third-order valence-electron chi connectivity index (χ3n) is 3.47. The molecule has 0 aromatic heterocycles. The SMILES string of the molecule is COc1ccc(O[C@@H](C)C(=O)O[C@H](C)C(=O)N2CCNC2=O)cc1. The zero-order chi connectivity index (χ0) is 17.7. The lowest BCUT2D eigenvalue weighted by Crippen LogP contribution is -2.43. The summed E-state index contributed by atoms with van der Waals surface area (Å²) in [5.74, 6) is -0.111. The number of urea groups is 1. The molecule has 1 heterocycles. The van der Waals surface area contributed by atoms with Crippen LogP contribution in [0.1, 0.15) is 13.8 Å². The Morgan fingerprint density at radius 2 is 1.75 bits per heavy atom. The van der Waals surface area contributed by atoms with E-state index in [-0.39, 0.29) is 6.54 Å². The van der Waals surface area contributed by atoms with Gasteiger partial charge in [-0.15, -0.1) is 0 Å². The summed E-state index contributed by atoms with van der Waals surface area (Å²) >= 11 is 0. The molecule has 1 aromatic rings. The van der Waals surface area contributed by atoms with Gasteiger partial charge in [0.1, 0.15) is 11.5 Å². The third kappa shape index (κ3) is 4.15. The van der Waals surface area contributed by atoms with Crippen molar-refractivity contribution >= 4 is 17.9 Å². The minimum absolute atomic E-state index is 0.261. The van der Waals surface area contributed by atoms with E-state index in [9.17, 15) is 14.4 Å². The van der Waals surface area contributed by atoms with Crippen molar-refractivity contribution in [3.63, 3.8) is 0 Å². The van der Waals surface area contributed by atoms with Crippen LogP contribution in [0.4, 0.5) is 4.79 Å². The van der Waals surface area contributed by atoms with E-state index >= 15 is 0 Å². The number of carbonyl (C=O) groups excluding carboxylic acids is 3. The fraction of sp³-hybridized carbons (Fsp3) is 0.438. The molecule has 0 aliphatic carbocycles. The average molecular weight is 336 g/mol. The summed E-state index contributed by atoms with van der Waals surface area (Å²) in [4.78, 5) is 36.6. The van der Waals surface area contributed by atoms with Crippen molar-refractivity contribution < 1.29 is 28.6 Å². The van der Waals surface area contributed by atoms with Crippen molar-refractivity contribution in [3.05, 3.63) is 24.3 Å². The monoisotopic (exact) mass is 336 g/mol. The van der Waals surface area contributed by atoms with Gasteiger partial charge >= 0.3 is 12.0 Å². The van der Waals surface area contributed by atoms with E-state index in [1.807, 2.05) is 0 Å². The molecule has 0 unspecified atom stereocenters. The van der Waals surface area contributed by atoms with Gasteiger partial charge in [-0.1, -0.05) is 0 Å². The number of amides is 3. The zero-order valence-electron chi connectivity index (χ0n) is 13.8. The van der Waals surface area contributed by atoms with Gasteiger partial charge in [-0.2, -0.15) is 0 Å². The van der Waals surface area contributed by atoms with E-state index < -0.39 is 30.1 Å². The highest BCUT2D eigenvalue weighted by molar-refractivity contribution is 5.98. The number of benzene rings is 1. The van der Waals surface area contributed by atoms with Crippen molar-refractivity contribution in [2.75, 3.05) is 20.2 Å². The lowest BCUT2D eigenvalue weighted by molar-refractivity contribution is -0.163. The minimum Gasteiger partial charge on any atom is -0.497 e. The second kappa shape index (κ2) is 7.67. The van der Waals surface area contributed by atoms with Gasteiger partial charge in [0.25, 0.3) is 5.91 Å². The van der Waals surface area contributed by atoms with Crippen molar-refractivity contribution in [1.29, 1.82) is 0 Å². The molecule has 2 rings (SSSR count). The molecular weight excluding hydrogens is 316 g/mol. The van der Waals surface area contributed by atoms with E-state index in [1.165, 1.54) is 13.8 Å². The minimum atomic E-state index is -1.07. The van der Waals surface area contributed by atoms with Gasteiger partial charge in [-0.3, -0.25) is 9.69 Å². The summed E-state index contributed by atoms with van der Waals surface area (Å²) < 4.78 is 15.6. The summed E-state index contributed by atoms with van der Waals surface area (Å²) in [5.41, 5.74) is 0. The van der Waals surface area contributed by atoms with Gasteiger partial charge in [-0.05, 0) is 38.1 Å². The normalized spacial score (nSPS) is 16.1. The molecule has 0 bridgehead atoms. The van der Waals surface area contributed by atoms with Gasteiger partial charge < -0.3 is 19.5 Å². The first-order chi connectivity index (χ1) is 11.4. The van der Waals surface area contributed by atoms with Crippen LogP contribution in [0.2, 0.25) is 0 Å². The Morgan fingerprint density at radius 3 is 2.29 bits per heavy atom. The van der Waals surface area contributed by atoms with Crippen LogP contribution in [0.25, 0.3) is 0 Å². The van der Waals surface area contributed by atoms with Crippen LogP contribution in [0, 0.1) is 0 Å². The molecule has 0 spiro atoms. The summed E-state index contributed by atoms with van der Waals surface area (Å²) in [5, 5.41) is 2.51. The van der Waals surface area contributed by atoms with Crippen molar-refractivity contribution in [2.24, 2.45) is 0 Å². The predicted octanol–water partition coefficient (Wildman–Crippen LogP) is 0.946. The number of methoxy groups -OCH3 is 1. The Hall–Kier alpha value is -2.77. The molecular formula is C16H20N2O6. The van der Waals surface area contributed by atoms with Crippen LogP contribution in [0.5, 0.6) is 11.5 Å². The second-order valence-corrected chi connectivity index (χ2v) is 5.24. The number of esters is 1. The fourth-order valence-electron chi connectivity index (χ4n) is 2.13. The molecule has 0 saturated carbocycles. The van der Waals surface area contributed by atoms with Gasteiger partial charge in [0.15, 0.2) is 12.2 Å². The van der Waals surface area contributed by atoms with Crippen LogP contribution in [-0.4, -0.2) is 55.2 Å². The molecule has 2 atom stereocenters. The van der Waals surface area contributed by atoms with Gasteiger partial charge in [-0.25, -0.2) is 9.59 Å². The Balaban J connectivity index is 1.88. The molecule has 1 fully saturated rings. The number of ether oxygens (including phenoxy) is 3. The zero-order valence-corrected chi connectivity index (χ0v) is 13.8. The molecule has 130 valence electrons. The maximum atomic E-state index is 12.1. The smallest absolute Gasteiger partial charge is 0.347 e. The largest absolute Gasteiger partial charge is 0.497 e. The predicted molar refractivity (Wildman–Crippen MR) is 83.7 cm³/mol. The van der Waals surface area contributed by atoms with Crippen molar-refractivity contribution in [3.8, 4) is 11.5 Å². The lowest BCUT2D eigenvalue weighted by atomic mass is 10.3. The van der Waals surface area contributed by atoms with Crippen LogP contribution in [-0.2, 0) is 14.3 Å². The Bertz CT molecular complexity index is 615. The summed E-state index contributed by atoms with van der Waals surface area (Å²) in [6.45, 7) is 3.60. The topological polar surface area (TPSA) is 94.2 Å². The van der Waals surface area contributed by atoms with E-state index in [2.05, 4.69) is 5.32 Å². The molecule has 1 aliphatic rings. The standard InChI is InChI=1S/C16H20N2O6/c1-10(14(19)18-9-8-17-16(18)21)24-15(20)11(2)23-13-6-4-12(22-3)5-7-13/h4-7,10-11H,8-9H2,1-3H3,(H,17,21)/t10-,11+/m1/s1. The van der Waals surface area contributed by atoms with Crippen molar-refractivity contribution in [1.82, 2.24) is 10.2 Å². The van der Waals surface area contributed by atoms with Crippen molar-refractivity contribution in [2.45, 2.75) is 26.1 Å². The molecule has 0 radical (unpaired) electrons. The Labute approximate surface area is 139 Å². The van der Waals surface area contributed by atoms with Gasteiger partial charge in [0, 0.05) is 13.1 Å². The first kappa shape index (κ1) is 17.6. The number of rotatable bonds is 6. The van der Waals surface area contributed by atoms with Gasteiger partial charge in [0.05, 0.1) is 7.11 Å². The molecule has 3 amide bonds. The highest BCUT2D eigenvalue weighted by Gasteiger charge is 2.32. The van der Waals surface area contributed by atoms with Crippen LogP contribution in [0.15, 0.2) is 24.3 Å². The maximum Gasteiger partial charge on any atom is 0.347 e. The fourth-order valence-corrected chi connectivity index (χ4v) is 2.13. The number of imide groups is 1. The Morgan fingerprint density at radius 1 is 1.12 bits per heavy atom. The van der Waals surface area contributed by atoms with E-state index in [0.717, 1.165) is 4.90 Å². The number of hydrogen-bond donors (Lipinski definition) is 1. The molecule has 1 aliphatic heterocycles. The van der Waals surface area contributed by atoms with E-state index in [0.29, 0.717) is 18.0 Å². The second-order valence-electron chi connectivity index (χ2n) is 5.24. The number of nitrogens with one attached hydrogen (secondary N) is 1. The molecule has 8 heteroatoms. The Kier molecular flexibility index (Phi) is 5.62. The quantitative estimate of drug-likeness (QED) is 0.777. The molecule has 1 saturated heterocycles. The first-order valence-corrected chi connectivity index (χ1v) is 7.52.